The van der Waals surface area contributed by atoms with Crippen LogP contribution in [0.25, 0.3) is 0 Å². The van der Waals surface area contributed by atoms with Gasteiger partial charge in [0.25, 0.3) is 0 Å². The van der Waals surface area contributed by atoms with E-state index in [9.17, 15) is 4.79 Å². The van der Waals surface area contributed by atoms with Crippen molar-refractivity contribution in [3.63, 3.8) is 0 Å². The highest BCUT2D eigenvalue weighted by molar-refractivity contribution is 5.69. The van der Waals surface area contributed by atoms with Gasteiger partial charge in [-0.05, 0) is 12.8 Å². The van der Waals surface area contributed by atoms with Crippen LogP contribution in [0.4, 0.5) is 0 Å². The maximum absolute atomic E-state index is 11.0. The average Bonchev–Trinajstić information content (AvgIpc) is 2.25. The molecule has 0 rings (SSSR count). The first-order chi connectivity index (χ1) is 7.20. The van der Waals surface area contributed by atoms with Crippen molar-refractivity contribution in [3.05, 3.63) is 12.2 Å². The molecule has 0 radical (unpaired) electrons. The zero-order valence-corrected chi connectivity index (χ0v) is 9.19. The minimum Gasteiger partial charge on any atom is -0.463 e. The van der Waals surface area contributed by atoms with Crippen molar-refractivity contribution in [1.82, 2.24) is 0 Å². The number of carbonyl (C=O) groups is 1. The summed E-state index contributed by atoms with van der Waals surface area (Å²) in [7, 11) is 0. The first-order valence-corrected chi connectivity index (χ1v) is 5.30. The minimum absolute atomic E-state index is 0.131. The largest absolute Gasteiger partial charge is 0.463 e. The lowest BCUT2D eigenvalue weighted by Gasteiger charge is -2.07. The van der Waals surface area contributed by atoms with Crippen LogP contribution >= 0.6 is 0 Å². The monoisotopic (exact) mass is 216 g/mol. The van der Waals surface area contributed by atoms with Crippen molar-refractivity contribution in [2.24, 2.45) is 0 Å². The molecule has 1 unspecified atom stereocenters. The van der Waals surface area contributed by atoms with Gasteiger partial charge in [0.1, 0.15) is 12.7 Å². The van der Waals surface area contributed by atoms with Gasteiger partial charge in [0, 0.05) is 6.42 Å². The van der Waals surface area contributed by atoms with Crippen LogP contribution < -0.4 is 0 Å². The first-order valence-electron chi connectivity index (χ1n) is 5.30. The van der Waals surface area contributed by atoms with Gasteiger partial charge in [0.2, 0.25) is 0 Å². The number of allylic oxidation sites excluding steroid dienone is 2. The Kier molecular flexibility index (Phi) is 9.11. The number of aliphatic hydroxyl groups is 2. The normalized spacial score (nSPS) is 13.0. The van der Waals surface area contributed by atoms with Gasteiger partial charge < -0.3 is 14.9 Å². The summed E-state index contributed by atoms with van der Waals surface area (Å²) in [5.41, 5.74) is 0. The molecule has 0 saturated carbocycles. The van der Waals surface area contributed by atoms with Gasteiger partial charge in [-0.3, -0.25) is 4.79 Å². The van der Waals surface area contributed by atoms with E-state index < -0.39 is 6.10 Å². The third kappa shape index (κ3) is 9.43. The molecule has 88 valence electrons. The van der Waals surface area contributed by atoms with Crippen LogP contribution in [0.3, 0.4) is 0 Å². The second-order valence-electron chi connectivity index (χ2n) is 3.32. The third-order valence-corrected chi connectivity index (χ3v) is 1.78. The Labute approximate surface area is 90.6 Å². The van der Waals surface area contributed by atoms with Crippen LogP contribution in [-0.4, -0.2) is 35.5 Å². The van der Waals surface area contributed by atoms with Gasteiger partial charge in [-0.15, -0.1) is 0 Å². The van der Waals surface area contributed by atoms with Crippen molar-refractivity contribution >= 4 is 5.97 Å². The van der Waals surface area contributed by atoms with Crippen molar-refractivity contribution in [2.75, 3.05) is 13.2 Å². The van der Waals surface area contributed by atoms with Gasteiger partial charge in [-0.1, -0.05) is 25.5 Å². The molecule has 0 aromatic carbocycles. The number of rotatable bonds is 8. The fourth-order valence-electron chi connectivity index (χ4n) is 0.918. The van der Waals surface area contributed by atoms with E-state index >= 15 is 0 Å². The third-order valence-electron chi connectivity index (χ3n) is 1.78. The van der Waals surface area contributed by atoms with Gasteiger partial charge in [-0.25, -0.2) is 0 Å². The lowest BCUT2D eigenvalue weighted by molar-refractivity contribution is -0.147. The van der Waals surface area contributed by atoms with Gasteiger partial charge in [-0.2, -0.15) is 0 Å². The molecule has 0 aliphatic rings. The highest BCUT2D eigenvalue weighted by Crippen LogP contribution is 1.97. The molecule has 4 heteroatoms. The second kappa shape index (κ2) is 9.68. The van der Waals surface area contributed by atoms with Crippen LogP contribution in [0.15, 0.2) is 12.2 Å². The topological polar surface area (TPSA) is 66.8 Å². The first kappa shape index (κ1) is 14.1. The summed E-state index contributed by atoms with van der Waals surface area (Å²) in [4.78, 5) is 11.0. The maximum Gasteiger partial charge on any atom is 0.306 e. The lowest BCUT2D eigenvalue weighted by Crippen LogP contribution is -2.21. The van der Waals surface area contributed by atoms with E-state index in [-0.39, 0.29) is 19.2 Å². The molecule has 0 fully saturated rings. The van der Waals surface area contributed by atoms with E-state index in [2.05, 4.69) is 6.92 Å². The SMILES string of the molecule is CCC/C=C/CCC(=O)OCC(O)CO. The van der Waals surface area contributed by atoms with Crippen molar-refractivity contribution in [3.8, 4) is 0 Å². The molecular formula is C11H20O4. The molecular weight excluding hydrogens is 196 g/mol. The fraction of sp³-hybridized carbons (Fsp3) is 0.727. The average molecular weight is 216 g/mol. The number of unbranched alkanes of at least 4 members (excludes halogenated alkanes) is 1. The summed E-state index contributed by atoms with van der Waals surface area (Å²) >= 11 is 0. The van der Waals surface area contributed by atoms with Crippen molar-refractivity contribution in [2.45, 2.75) is 38.7 Å². The molecule has 0 aliphatic heterocycles. The van der Waals surface area contributed by atoms with E-state index in [0.717, 1.165) is 12.8 Å². The summed E-state index contributed by atoms with van der Waals surface area (Å²) in [6.45, 7) is 1.58. The molecule has 0 aromatic heterocycles. The summed E-state index contributed by atoms with van der Waals surface area (Å²) in [5.74, 6) is -0.344. The fourth-order valence-corrected chi connectivity index (χ4v) is 0.918. The van der Waals surface area contributed by atoms with E-state index in [0.29, 0.717) is 12.8 Å². The summed E-state index contributed by atoms with van der Waals surface area (Å²) in [6.07, 6.45) is 6.13. The highest BCUT2D eigenvalue weighted by atomic mass is 16.5. The number of hydrogen-bond donors (Lipinski definition) is 2. The summed E-state index contributed by atoms with van der Waals surface area (Å²) < 4.78 is 4.72. The molecule has 2 N–H and O–H groups in total. The molecule has 0 spiro atoms. The molecule has 1 atom stereocenters. The maximum atomic E-state index is 11.0. The van der Waals surface area contributed by atoms with Gasteiger partial charge >= 0.3 is 5.97 Å². The number of ether oxygens (including phenoxy) is 1. The molecule has 0 heterocycles. The minimum atomic E-state index is -0.968. The summed E-state index contributed by atoms with van der Waals surface area (Å²) in [6, 6.07) is 0. The van der Waals surface area contributed by atoms with Crippen LogP contribution in [0.5, 0.6) is 0 Å². The quantitative estimate of drug-likeness (QED) is 0.469. The standard InChI is InChI=1S/C11H20O4/c1-2-3-4-5-6-7-11(14)15-9-10(13)8-12/h4-5,10,12-13H,2-3,6-9H2,1H3/b5-4+. The number of esters is 1. The number of hydrogen-bond acceptors (Lipinski definition) is 4. The van der Waals surface area contributed by atoms with Gasteiger partial charge in [0.15, 0.2) is 0 Å². The molecule has 0 aliphatic carbocycles. The van der Waals surface area contributed by atoms with Crippen LogP contribution in [-0.2, 0) is 9.53 Å². The Morgan fingerprint density at radius 2 is 2.07 bits per heavy atom. The zero-order valence-electron chi connectivity index (χ0n) is 9.19. The molecule has 0 bridgehead atoms. The zero-order chi connectivity index (χ0) is 11.5. The van der Waals surface area contributed by atoms with Crippen molar-refractivity contribution < 1.29 is 19.7 Å². The summed E-state index contributed by atoms with van der Waals surface area (Å²) in [5, 5.41) is 17.4. The molecule has 4 nitrogen and oxygen atoms in total. The van der Waals surface area contributed by atoms with Crippen LogP contribution in [0, 0.1) is 0 Å². The molecule has 0 aromatic rings. The van der Waals surface area contributed by atoms with Crippen LogP contribution in [0.1, 0.15) is 32.6 Å². The van der Waals surface area contributed by atoms with E-state index in [4.69, 9.17) is 14.9 Å². The number of aliphatic hydroxyl groups excluding tert-OH is 2. The molecule has 15 heavy (non-hydrogen) atoms. The second-order valence-corrected chi connectivity index (χ2v) is 3.32. The lowest BCUT2D eigenvalue weighted by atomic mass is 10.2. The number of carbonyl (C=O) groups excluding carboxylic acids is 1. The predicted octanol–water partition coefficient (Wildman–Crippen LogP) is 1.02. The highest BCUT2D eigenvalue weighted by Gasteiger charge is 2.06. The van der Waals surface area contributed by atoms with Crippen LogP contribution in [0.2, 0.25) is 0 Å². The van der Waals surface area contributed by atoms with E-state index in [1.807, 2.05) is 12.2 Å². The molecule has 0 saturated heterocycles. The predicted molar refractivity (Wildman–Crippen MR) is 57.3 cm³/mol. The van der Waals surface area contributed by atoms with E-state index in [1.54, 1.807) is 0 Å². The Morgan fingerprint density at radius 3 is 2.67 bits per heavy atom. The Morgan fingerprint density at radius 1 is 1.40 bits per heavy atom. The smallest absolute Gasteiger partial charge is 0.306 e. The molecule has 0 amide bonds. The Balaban J connectivity index is 3.41. The Bertz CT molecular complexity index is 189. The van der Waals surface area contributed by atoms with Crippen molar-refractivity contribution in [1.29, 1.82) is 0 Å². The Hall–Kier alpha value is -0.870. The van der Waals surface area contributed by atoms with E-state index in [1.165, 1.54) is 0 Å². The van der Waals surface area contributed by atoms with Gasteiger partial charge in [0.05, 0.1) is 6.61 Å².